The summed E-state index contributed by atoms with van der Waals surface area (Å²) in [5, 5.41) is 0.522. The summed E-state index contributed by atoms with van der Waals surface area (Å²) >= 11 is 9.26. The summed E-state index contributed by atoms with van der Waals surface area (Å²) in [5.74, 6) is 1.29. The van der Waals surface area contributed by atoms with E-state index in [0.29, 0.717) is 21.9 Å². The van der Waals surface area contributed by atoms with Gasteiger partial charge in [0.2, 0.25) is 0 Å². The Balaban J connectivity index is 2.44. The number of rotatable bonds is 2. The van der Waals surface area contributed by atoms with E-state index in [9.17, 15) is 4.79 Å². The molecule has 88 valence electrons. The number of carbonyl (C=O) groups excluding carboxylic acids is 1. The molecule has 0 saturated heterocycles. The van der Waals surface area contributed by atoms with Gasteiger partial charge in [-0.25, -0.2) is 0 Å². The smallest absolute Gasteiger partial charge is 0.196 e. The summed E-state index contributed by atoms with van der Waals surface area (Å²) in [4.78, 5) is 12.2. The Bertz CT molecular complexity index is 587. The van der Waals surface area contributed by atoms with Gasteiger partial charge in [0.05, 0.1) is 10.6 Å². The van der Waals surface area contributed by atoms with Crippen LogP contribution in [0.5, 0.6) is 0 Å². The highest BCUT2D eigenvalue weighted by Gasteiger charge is 2.16. The number of ketones is 1. The predicted octanol–water partition coefficient (Wildman–Crippen LogP) is 4.54. The van der Waals surface area contributed by atoms with Crippen LogP contribution in [0, 0.1) is 13.8 Å². The molecular formula is C13H10BrClO2. The maximum atomic E-state index is 12.2. The van der Waals surface area contributed by atoms with Crippen LogP contribution in [-0.2, 0) is 0 Å². The van der Waals surface area contributed by atoms with Crippen LogP contribution >= 0.6 is 27.5 Å². The minimum atomic E-state index is -0.0752. The van der Waals surface area contributed by atoms with Crippen molar-refractivity contribution in [2.75, 3.05) is 0 Å². The van der Waals surface area contributed by atoms with Crippen molar-refractivity contribution in [3.05, 3.63) is 56.4 Å². The molecule has 1 aromatic carbocycles. The SMILES string of the molecule is Cc1cc(C(=O)c2ccc(Br)c(Cl)c2)c(C)o1. The molecule has 0 N–H and O–H groups in total. The maximum Gasteiger partial charge on any atom is 0.196 e. The van der Waals surface area contributed by atoms with E-state index >= 15 is 0 Å². The Labute approximate surface area is 113 Å². The zero-order valence-electron chi connectivity index (χ0n) is 9.38. The molecule has 0 saturated carbocycles. The van der Waals surface area contributed by atoms with Gasteiger partial charge >= 0.3 is 0 Å². The first-order valence-electron chi connectivity index (χ1n) is 5.06. The van der Waals surface area contributed by atoms with Crippen molar-refractivity contribution in [3.8, 4) is 0 Å². The number of aryl methyl sites for hydroxylation is 2. The first kappa shape index (κ1) is 12.4. The van der Waals surface area contributed by atoms with Crippen molar-refractivity contribution in [2.45, 2.75) is 13.8 Å². The largest absolute Gasteiger partial charge is 0.466 e. The predicted molar refractivity (Wildman–Crippen MR) is 70.8 cm³/mol. The first-order valence-corrected chi connectivity index (χ1v) is 6.23. The standard InChI is InChI=1S/C13H10BrClO2/c1-7-5-10(8(2)17-7)13(16)9-3-4-11(14)12(15)6-9/h3-6H,1-2H3. The molecule has 0 spiro atoms. The van der Waals surface area contributed by atoms with Gasteiger partial charge in [-0.15, -0.1) is 0 Å². The molecule has 0 aliphatic rings. The van der Waals surface area contributed by atoms with Gasteiger partial charge in [-0.1, -0.05) is 11.6 Å². The van der Waals surface area contributed by atoms with Crippen molar-refractivity contribution >= 4 is 33.3 Å². The topological polar surface area (TPSA) is 30.2 Å². The number of furan rings is 1. The zero-order valence-corrected chi connectivity index (χ0v) is 11.7. The van der Waals surface area contributed by atoms with Crippen LogP contribution in [0.3, 0.4) is 0 Å². The van der Waals surface area contributed by atoms with Gasteiger partial charge in [-0.05, 0) is 54.0 Å². The molecule has 2 rings (SSSR count). The lowest BCUT2D eigenvalue weighted by Crippen LogP contribution is -2.01. The highest BCUT2D eigenvalue weighted by Crippen LogP contribution is 2.25. The van der Waals surface area contributed by atoms with E-state index in [1.807, 2.05) is 6.92 Å². The monoisotopic (exact) mass is 312 g/mol. The molecule has 2 nitrogen and oxygen atoms in total. The fourth-order valence-corrected chi connectivity index (χ4v) is 2.08. The minimum absolute atomic E-state index is 0.0752. The van der Waals surface area contributed by atoms with Gasteiger partial charge in [0, 0.05) is 10.0 Å². The summed E-state index contributed by atoms with van der Waals surface area (Å²) in [7, 11) is 0. The lowest BCUT2D eigenvalue weighted by atomic mass is 10.0. The van der Waals surface area contributed by atoms with E-state index in [0.717, 1.165) is 10.2 Å². The summed E-state index contributed by atoms with van der Waals surface area (Å²) in [6.45, 7) is 3.60. The minimum Gasteiger partial charge on any atom is -0.466 e. The van der Waals surface area contributed by atoms with Gasteiger partial charge in [0.15, 0.2) is 5.78 Å². The van der Waals surface area contributed by atoms with Crippen LogP contribution in [0.2, 0.25) is 5.02 Å². The molecular weight excluding hydrogens is 303 g/mol. The van der Waals surface area contributed by atoms with Crippen LogP contribution in [0.25, 0.3) is 0 Å². The fraction of sp³-hybridized carbons (Fsp3) is 0.154. The normalized spacial score (nSPS) is 10.6. The van der Waals surface area contributed by atoms with Gasteiger partial charge in [0.25, 0.3) is 0 Å². The number of halogens is 2. The molecule has 0 fully saturated rings. The molecule has 1 heterocycles. The average molecular weight is 314 g/mol. The second kappa shape index (κ2) is 4.67. The number of carbonyl (C=O) groups is 1. The molecule has 2 aromatic rings. The summed E-state index contributed by atoms with van der Waals surface area (Å²) in [6.07, 6.45) is 0. The van der Waals surface area contributed by atoms with Crippen LogP contribution in [0.4, 0.5) is 0 Å². The van der Waals surface area contributed by atoms with Crippen molar-refractivity contribution in [3.63, 3.8) is 0 Å². The molecule has 17 heavy (non-hydrogen) atoms. The van der Waals surface area contributed by atoms with Gasteiger partial charge in [-0.2, -0.15) is 0 Å². The van der Waals surface area contributed by atoms with Gasteiger partial charge in [-0.3, -0.25) is 4.79 Å². The van der Waals surface area contributed by atoms with E-state index in [1.54, 1.807) is 31.2 Å². The number of benzene rings is 1. The average Bonchev–Trinajstić information content (AvgIpc) is 2.61. The van der Waals surface area contributed by atoms with E-state index in [2.05, 4.69) is 15.9 Å². The van der Waals surface area contributed by atoms with Crippen molar-refractivity contribution in [1.82, 2.24) is 0 Å². The van der Waals surface area contributed by atoms with Gasteiger partial charge < -0.3 is 4.42 Å². The van der Waals surface area contributed by atoms with Crippen LogP contribution < -0.4 is 0 Å². The second-order valence-electron chi connectivity index (χ2n) is 3.78. The molecule has 0 aliphatic heterocycles. The lowest BCUT2D eigenvalue weighted by Gasteiger charge is -2.01. The van der Waals surface area contributed by atoms with Crippen molar-refractivity contribution < 1.29 is 9.21 Å². The third kappa shape index (κ3) is 2.45. The molecule has 0 aliphatic carbocycles. The second-order valence-corrected chi connectivity index (χ2v) is 5.05. The van der Waals surface area contributed by atoms with E-state index in [-0.39, 0.29) is 5.78 Å². The Morgan fingerprint density at radius 2 is 2.00 bits per heavy atom. The van der Waals surface area contributed by atoms with E-state index < -0.39 is 0 Å². The molecule has 0 unspecified atom stereocenters. The first-order chi connectivity index (χ1) is 7.99. The summed E-state index contributed by atoms with van der Waals surface area (Å²) in [5.41, 5.74) is 1.14. The van der Waals surface area contributed by atoms with E-state index in [4.69, 9.17) is 16.0 Å². The van der Waals surface area contributed by atoms with Crippen LogP contribution in [-0.4, -0.2) is 5.78 Å². The molecule has 0 radical (unpaired) electrons. The highest BCUT2D eigenvalue weighted by molar-refractivity contribution is 9.10. The molecule has 0 amide bonds. The summed E-state index contributed by atoms with van der Waals surface area (Å²) < 4.78 is 6.12. The number of hydrogen-bond acceptors (Lipinski definition) is 2. The lowest BCUT2D eigenvalue weighted by molar-refractivity contribution is 0.103. The molecule has 0 bridgehead atoms. The van der Waals surface area contributed by atoms with Crippen LogP contribution in [0.1, 0.15) is 27.4 Å². The van der Waals surface area contributed by atoms with Crippen LogP contribution in [0.15, 0.2) is 33.2 Å². The Kier molecular flexibility index (Phi) is 3.40. The quantitative estimate of drug-likeness (QED) is 0.762. The Morgan fingerprint density at radius 1 is 1.29 bits per heavy atom. The Morgan fingerprint density at radius 3 is 2.53 bits per heavy atom. The summed E-state index contributed by atoms with van der Waals surface area (Å²) in [6, 6.07) is 6.89. The Hall–Kier alpha value is -1.06. The third-order valence-corrected chi connectivity index (χ3v) is 3.70. The molecule has 0 atom stereocenters. The highest BCUT2D eigenvalue weighted by atomic mass is 79.9. The molecule has 4 heteroatoms. The fourth-order valence-electron chi connectivity index (χ4n) is 1.65. The van der Waals surface area contributed by atoms with Gasteiger partial charge in [0.1, 0.15) is 11.5 Å². The van der Waals surface area contributed by atoms with E-state index in [1.165, 1.54) is 0 Å². The maximum absolute atomic E-state index is 12.2. The zero-order chi connectivity index (χ0) is 12.6. The van der Waals surface area contributed by atoms with Crippen molar-refractivity contribution in [2.24, 2.45) is 0 Å². The van der Waals surface area contributed by atoms with Crippen molar-refractivity contribution in [1.29, 1.82) is 0 Å². The third-order valence-electron chi connectivity index (χ3n) is 2.47. The molecule has 1 aromatic heterocycles. The number of hydrogen-bond donors (Lipinski definition) is 0.